The first-order valence-corrected chi connectivity index (χ1v) is 9.35. The summed E-state index contributed by atoms with van der Waals surface area (Å²) in [5.74, 6) is 0.840. The average Bonchev–Trinajstić information content (AvgIpc) is 3.16. The Morgan fingerprint density at radius 3 is 3.00 bits per heavy atom. The zero-order valence-electron chi connectivity index (χ0n) is 15.6. The highest BCUT2D eigenvalue weighted by atomic mass is 16.5. The third-order valence-electron chi connectivity index (χ3n) is 4.89. The van der Waals surface area contributed by atoms with Crippen molar-refractivity contribution in [3.8, 4) is 5.75 Å². The molecule has 6 heteroatoms. The summed E-state index contributed by atoms with van der Waals surface area (Å²) in [6, 6.07) is 10.2. The van der Waals surface area contributed by atoms with Crippen molar-refractivity contribution < 1.29 is 9.53 Å². The summed E-state index contributed by atoms with van der Waals surface area (Å²) in [4.78, 5) is 14.1. The maximum atomic E-state index is 11.7. The number of nitrogens with zero attached hydrogens (tertiary/aromatic N) is 3. The standard InChI is InChI=1S/C20H28N4O2/c1-16-7-3-4-9-19(16)26-14-6-12-23-11-5-8-17(15-23)24-13-10-18(22-24)20(25)21-2/h3-4,7,9-10,13,17H,5-6,8,11-12,14-15H2,1-2H3,(H,21,25)/t17-/m0/s1. The van der Waals surface area contributed by atoms with Crippen LogP contribution < -0.4 is 10.1 Å². The van der Waals surface area contributed by atoms with Gasteiger partial charge in [0, 0.05) is 26.3 Å². The van der Waals surface area contributed by atoms with E-state index < -0.39 is 0 Å². The lowest BCUT2D eigenvalue weighted by atomic mass is 10.1. The molecule has 1 saturated heterocycles. The van der Waals surface area contributed by atoms with E-state index in [1.165, 1.54) is 5.56 Å². The van der Waals surface area contributed by atoms with Crippen LogP contribution in [-0.4, -0.2) is 53.9 Å². The quantitative estimate of drug-likeness (QED) is 0.775. The summed E-state index contributed by atoms with van der Waals surface area (Å²) in [5.41, 5.74) is 1.66. The van der Waals surface area contributed by atoms with Crippen LogP contribution in [0.3, 0.4) is 0 Å². The highest BCUT2D eigenvalue weighted by Crippen LogP contribution is 2.21. The van der Waals surface area contributed by atoms with Crippen LogP contribution in [0.5, 0.6) is 5.75 Å². The van der Waals surface area contributed by atoms with Crippen LogP contribution in [0, 0.1) is 6.92 Å². The molecular weight excluding hydrogens is 328 g/mol. The van der Waals surface area contributed by atoms with E-state index >= 15 is 0 Å². The van der Waals surface area contributed by atoms with Crippen molar-refractivity contribution in [1.29, 1.82) is 0 Å². The first-order chi connectivity index (χ1) is 12.7. The molecule has 1 aromatic heterocycles. The number of rotatable bonds is 7. The number of benzene rings is 1. The Labute approximate surface area is 155 Å². The van der Waals surface area contributed by atoms with Gasteiger partial charge in [0.1, 0.15) is 11.4 Å². The molecule has 6 nitrogen and oxygen atoms in total. The van der Waals surface area contributed by atoms with Gasteiger partial charge in [-0.25, -0.2) is 0 Å². The number of para-hydroxylation sites is 1. The van der Waals surface area contributed by atoms with Gasteiger partial charge in [-0.2, -0.15) is 5.10 Å². The molecule has 1 atom stereocenters. The molecule has 0 radical (unpaired) electrons. The van der Waals surface area contributed by atoms with E-state index in [0.717, 1.165) is 51.3 Å². The van der Waals surface area contributed by atoms with Gasteiger partial charge in [-0.1, -0.05) is 18.2 Å². The molecule has 140 valence electrons. The number of amides is 1. The topological polar surface area (TPSA) is 59.4 Å². The normalized spacial score (nSPS) is 17.8. The second-order valence-corrected chi connectivity index (χ2v) is 6.82. The highest BCUT2D eigenvalue weighted by molar-refractivity contribution is 5.91. The lowest BCUT2D eigenvalue weighted by Gasteiger charge is -2.32. The van der Waals surface area contributed by atoms with Crippen LogP contribution in [0.2, 0.25) is 0 Å². The van der Waals surface area contributed by atoms with Crippen molar-refractivity contribution in [2.75, 3.05) is 33.3 Å². The van der Waals surface area contributed by atoms with Gasteiger partial charge in [-0.15, -0.1) is 0 Å². The lowest BCUT2D eigenvalue weighted by molar-refractivity contribution is 0.0955. The number of carbonyl (C=O) groups is 1. The Balaban J connectivity index is 1.45. The number of carbonyl (C=O) groups excluding carboxylic acids is 1. The first kappa shape index (κ1) is 18.5. The molecule has 1 aliphatic heterocycles. The maximum Gasteiger partial charge on any atom is 0.271 e. The smallest absolute Gasteiger partial charge is 0.271 e. The third kappa shape index (κ3) is 4.64. The van der Waals surface area contributed by atoms with Crippen molar-refractivity contribution in [3.63, 3.8) is 0 Å². The number of likely N-dealkylation sites (tertiary alicyclic amines) is 1. The molecule has 2 aromatic rings. The van der Waals surface area contributed by atoms with E-state index in [2.05, 4.69) is 28.3 Å². The second-order valence-electron chi connectivity index (χ2n) is 6.82. The van der Waals surface area contributed by atoms with Crippen LogP contribution in [0.25, 0.3) is 0 Å². The number of hydrogen-bond donors (Lipinski definition) is 1. The minimum atomic E-state index is -0.134. The average molecular weight is 356 g/mol. The fourth-order valence-corrected chi connectivity index (χ4v) is 3.43. The van der Waals surface area contributed by atoms with Crippen molar-refractivity contribution in [1.82, 2.24) is 20.0 Å². The van der Waals surface area contributed by atoms with E-state index in [-0.39, 0.29) is 5.91 Å². The summed E-state index contributed by atoms with van der Waals surface area (Å²) in [5, 5.41) is 7.06. The van der Waals surface area contributed by atoms with Gasteiger partial charge in [-0.3, -0.25) is 9.48 Å². The summed E-state index contributed by atoms with van der Waals surface area (Å²) < 4.78 is 7.84. The molecule has 2 heterocycles. The third-order valence-corrected chi connectivity index (χ3v) is 4.89. The van der Waals surface area contributed by atoms with Gasteiger partial charge < -0.3 is 15.0 Å². The molecule has 1 amide bonds. The zero-order valence-corrected chi connectivity index (χ0v) is 15.6. The maximum absolute atomic E-state index is 11.7. The van der Waals surface area contributed by atoms with Crippen LogP contribution >= 0.6 is 0 Å². The van der Waals surface area contributed by atoms with E-state index in [0.29, 0.717) is 11.7 Å². The predicted octanol–water partition coefficient (Wildman–Crippen LogP) is 2.66. The number of nitrogens with one attached hydrogen (secondary N) is 1. The van der Waals surface area contributed by atoms with Crippen LogP contribution in [0.1, 0.15) is 41.4 Å². The first-order valence-electron chi connectivity index (χ1n) is 9.35. The van der Waals surface area contributed by atoms with Gasteiger partial charge in [0.25, 0.3) is 5.91 Å². The van der Waals surface area contributed by atoms with Gasteiger partial charge >= 0.3 is 0 Å². The van der Waals surface area contributed by atoms with Crippen LogP contribution in [-0.2, 0) is 0 Å². The van der Waals surface area contributed by atoms with Crippen molar-refractivity contribution in [2.45, 2.75) is 32.2 Å². The molecule has 1 fully saturated rings. The Kier molecular flexibility index (Phi) is 6.28. The minimum absolute atomic E-state index is 0.134. The summed E-state index contributed by atoms with van der Waals surface area (Å²) in [6.07, 6.45) is 5.17. The zero-order chi connectivity index (χ0) is 18.4. The predicted molar refractivity (Wildman–Crippen MR) is 102 cm³/mol. The van der Waals surface area contributed by atoms with Crippen LogP contribution in [0.15, 0.2) is 36.5 Å². The second kappa shape index (κ2) is 8.85. The number of hydrogen-bond acceptors (Lipinski definition) is 4. The molecule has 3 rings (SSSR count). The minimum Gasteiger partial charge on any atom is -0.493 e. The Hall–Kier alpha value is -2.34. The van der Waals surface area contributed by atoms with Crippen LogP contribution in [0.4, 0.5) is 0 Å². The fraction of sp³-hybridized carbons (Fsp3) is 0.500. The van der Waals surface area contributed by atoms with E-state index in [1.54, 1.807) is 13.1 Å². The van der Waals surface area contributed by atoms with Gasteiger partial charge in [0.2, 0.25) is 0 Å². The van der Waals surface area contributed by atoms with Gasteiger partial charge in [0.05, 0.1) is 12.6 Å². The molecule has 0 bridgehead atoms. The van der Waals surface area contributed by atoms with E-state index in [1.807, 2.05) is 29.1 Å². The SMILES string of the molecule is CNC(=O)c1ccn([C@H]2CCCN(CCCOc3ccccc3C)C2)n1. The molecule has 0 saturated carbocycles. The van der Waals surface area contributed by atoms with Gasteiger partial charge in [-0.05, 0) is 50.4 Å². The monoisotopic (exact) mass is 356 g/mol. The molecular formula is C20H28N4O2. The van der Waals surface area contributed by atoms with Crippen molar-refractivity contribution >= 4 is 5.91 Å². The largest absolute Gasteiger partial charge is 0.493 e. The summed E-state index contributed by atoms with van der Waals surface area (Å²) in [6.45, 7) is 5.91. The molecule has 0 unspecified atom stereocenters. The number of aromatic nitrogens is 2. The lowest BCUT2D eigenvalue weighted by Crippen LogP contribution is -2.37. The summed E-state index contributed by atoms with van der Waals surface area (Å²) in [7, 11) is 1.63. The molecule has 1 aliphatic rings. The molecule has 1 aromatic carbocycles. The number of ether oxygens (including phenoxy) is 1. The molecule has 0 aliphatic carbocycles. The fourth-order valence-electron chi connectivity index (χ4n) is 3.43. The number of piperidine rings is 1. The van der Waals surface area contributed by atoms with Crippen molar-refractivity contribution in [3.05, 3.63) is 47.8 Å². The molecule has 26 heavy (non-hydrogen) atoms. The Bertz CT molecular complexity index is 728. The molecule has 0 spiro atoms. The Morgan fingerprint density at radius 1 is 1.35 bits per heavy atom. The van der Waals surface area contributed by atoms with Crippen molar-refractivity contribution in [2.24, 2.45) is 0 Å². The van der Waals surface area contributed by atoms with E-state index in [4.69, 9.17) is 4.74 Å². The Morgan fingerprint density at radius 2 is 2.19 bits per heavy atom. The van der Waals surface area contributed by atoms with E-state index in [9.17, 15) is 4.79 Å². The van der Waals surface area contributed by atoms with Gasteiger partial charge in [0.15, 0.2) is 0 Å². The molecule has 1 N–H and O–H groups in total. The summed E-state index contributed by atoms with van der Waals surface area (Å²) >= 11 is 0. The highest BCUT2D eigenvalue weighted by Gasteiger charge is 2.22. The number of aryl methyl sites for hydroxylation is 1.